The molecule has 0 atom stereocenters. The van der Waals surface area contributed by atoms with Gasteiger partial charge in [-0.1, -0.05) is 31.6 Å². The van der Waals surface area contributed by atoms with E-state index in [0.29, 0.717) is 11.9 Å². The van der Waals surface area contributed by atoms with E-state index in [1.54, 1.807) is 17.1 Å². The van der Waals surface area contributed by atoms with E-state index < -0.39 is 0 Å². The molecule has 1 N–H and O–H groups in total. The molecule has 1 aliphatic rings. The second-order valence-electron chi connectivity index (χ2n) is 9.93. The molecular formula is C27H37N7. The molecule has 2 aromatic heterocycles. The van der Waals surface area contributed by atoms with Gasteiger partial charge in [0, 0.05) is 63.4 Å². The van der Waals surface area contributed by atoms with E-state index in [4.69, 9.17) is 4.98 Å². The molecule has 0 amide bonds. The lowest BCUT2D eigenvalue weighted by molar-refractivity contribution is 0.156. The number of nitrogens with zero attached hydrogens (tertiary/aromatic N) is 6. The molecule has 0 saturated carbocycles. The summed E-state index contributed by atoms with van der Waals surface area (Å²) >= 11 is 0. The number of hydrogen-bond acceptors (Lipinski definition) is 6. The molecule has 34 heavy (non-hydrogen) atoms. The van der Waals surface area contributed by atoms with Crippen LogP contribution in [0.1, 0.15) is 38.8 Å². The predicted octanol–water partition coefficient (Wildman–Crippen LogP) is 5.00. The first-order valence-electron chi connectivity index (χ1n) is 12.1. The van der Waals surface area contributed by atoms with Crippen LogP contribution in [0.25, 0.3) is 11.3 Å². The van der Waals surface area contributed by atoms with Crippen LogP contribution in [0.4, 0.5) is 11.6 Å². The SMILES string of the molecule is CC(C)=C1CN(CC(C)C)CCN1Cc1ccc(-c2ccnc(Nc3cnn(C)c3)n2)cc1C. The Morgan fingerprint density at radius 2 is 1.97 bits per heavy atom. The Bertz CT molecular complexity index is 1160. The molecule has 0 spiro atoms. The lowest BCUT2D eigenvalue weighted by Gasteiger charge is -2.40. The summed E-state index contributed by atoms with van der Waals surface area (Å²) in [5.41, 5.74) is 8.41. The van der Waals surface area contributed by atoms with Gasteiger partial charge in [0.15, 0.2) is 0 Å². The molecule has 180 valence electrons. The molecule has 7 nitrogen and oxygen atoms in total. The summed E-state index contributed by atoms with van der Waals surface area (Å²) in [6.07, 6.45) is 5.46. The summed E-state index contributed by atoms with van der Waals surface area (Å²) < 4.78 is 1.75. The first kappa shape index (κ1) is 24.0. The lowest BCUT2D eigenvalue weighted by Crippen LogP contribution is -2.46. The van der Waals surface area contributed by atoms with Crippen LogP contribution in [0.5, 0.6) is 0 Å². The molecule has 1 aromatic carbocycles. The Morgan fingerprint density at radius 1 is 1.15 bits per heavy atom. The highest BCUT2D eigenvalue weighted by atomic mass is 15.3. The van der Waals surface area contributed by atoms with Crippen molar-refractivity contribution in [3.8, 4) is 11.3 Å². The summed E-state index contributed by atoms with van der Waals surface area (Å²) in [5.74, 6) is 1.27. The van der Waals surface area contributed by atoms with Crippen molar-refractivity contribution in [1.82, 2.24) is 29.5 Å². The first-order valence-corrected chi connectivity index (χ1v) is 12.1. The van der Waals surface area contributed by atoms with Gasteiger partial charge in [-0.15, -0.1) is 0 Å². The Balaban J connectivity index is 1.48. The molecule has 1 aliphatic heterocycles. The van der Waals surface area contributed by atoms with Gasteiger partial charge >= 0.3 is 0 Å². The van der Waals surface area contributed by atoms with E-state index in [-0.39, 0.29) is 0 Å². The molecule has 0 aliphatic carbocycles. The van der Waals surface area contributed by atoms with Crippen molar-refractivity contribution in [2.45, 2.75) is 41.2 Å². The molecule has 4 rings (SSSR count). The van der Waals surface area contributed by atoms with Gasteiger partial charge in [0.1, 0.15) is 0 Å². The average Bonchev–Trinajstić information content (AvgIpc) is 3.20. The highest BCUT2D eigenvalue weighted by molar-refractivity contribution is 5.63. The fourth-order valence-corrected chi connectivity index (χ4v) is 4.54. The summed E-state index contributed by atoms with van der Waals surface area (Å²) in [5, 5.41) is 7.41. The third-order valence-electron chi connectivity index (χ3n) is 6.26. The number of aromatic nitrogens is 4. The van der Waals surface area contributed by atoms with E-state index in [9.17, 15) is 0 Å². The number of benzene rings is 1. The van der Waals surface area contributed by atoms with Crippen molar-refractivity contribution in [1.29, 1.82) is 0 Å². The van der Waals surface area contributed by atoms with E-state index >= 15 is 0 Å². The molecule has 0 unspecified atom stereocenters. The number of anilines is 2. The van der Waals surface area contributed by atoms with Gasteiger partial charge in [-0.2, -0.15) is 5.10 Å². The van der Waals surface area contributed by atoms with E-state index in [2.05, 4.69) is 78.0 Å². The summed E-state index contributed by atoms with van der Waals surface area (Å²) in [6.45, 7) is 16.6. The minimum atomic E-state index is 0.569. The maximum atomic E-state index is 4.72. The maximum Gasteiger partial charge on any atom is 0.227 e. The lowest BCUT2D eigenvalue weighted by atomic mass is 10.0. The summed E-state index contributed by atoms with van der Waals surface area (Å²) in [4.78, 5) is 14.2. The van der Waals surface area contributed by atoms with Gasteiger partial charge in [0.25, 0.3) is 0 Å². The molecule has 1 fully saturated rings. The van der Waals surface area contributed by atoms with Gasteiger partial charge in [-0.25, -0.2) is 9.97 Å². The van der Waals surface area contributed by atoms with Crippen molar-refractivity contribution in [3.63, 3.8) is 0 Å². The van der Waals surface area contributed by atoms with E-state index in [0.717, 1.165) is 49.7 Å². The zero-order valence-corrected chi connectivity index (χ0v) is 21.3. The minimum absolute atomic E-state index is 0.569. The molecule has 0 radical (unpaired) electrons. The Hall–Kier alpha value is -3.19. The number of nitrogens with one attached hydrogen (secondary N) is 1. The van der Waals surface area contributed by atoms with Crippen molar-refractivity contribution in [3.05, 3.63) is 65.3 Å². The second kappa shape index (κ2) is 10.4. The number of aryl methyl sites for hydroxylation is 2. The van der Waals surface area contributed by atoms with Crippen LogP contribution in [0.2, 0.25) is 0 Å². The largest absolute Gasteiger partial charge is 0.368 e. The normalized spacial score (nSPS) is 14.7. The number of piperazine rings is 1. The van der Waals surface area contributed by atoms with Gasteiger partial charge in [-0.3, -0.25) is 9.58 Å². The second-order valence-corrected chi connectivity index (χ2v) is 9.93. The zero-order valence-electron chi connectivity index (χ0n) is 21.3. The quantitative estimate of drug-likeness (QED) is 0.537. The minimum Gasteiger partial charge on any atom is -0.368 e. The van der Waals surface area contributed by atoms with Crippen LogP contribution >= 0.6 is 0 Å². The molecule has 7 heteroatoms. The van der Waals surface area contributed by atoms with E-state index in [1.165, 1.54) is 22.4 Å². The molecule has 3 aromatic rings. The summed E-state index contributed by atoms with van der Waals surface area (Å²) in [6, 6.07) is 8.63. The molecule has 0 bridgehead atoms. The van der Waals surface area contributed by atoms with Crippen LogP contribution < -0.4 is 5.32 Å². The van der Waals surface area contributed by atoms with Crippen LogP contribution in [-0.4, -0.2) is 55.7 Å². The third-order valence-corrected chi connectivity index (χ3v) is 6.26. The molecule has 1 saturated heterocycles. The smallest absolute Gasteiger partial charge is 0.227 e. The van der Waals surface area contributed by atoms with Crippen molar-refractivity contribution < 1.29 is 0 Å². The van der Waals surface area contributed by atoms with Gasteiger partial charge in [0.05, 0.1) is 17.6 Å². The highest BCUT2D eigenvalue weighted by Crippen LogP contribution is 2.26. The van der Waals surface area contributed by atoms with Gasteiger partial charge < -0.3 is 10.2 Å². The summed E-state index contributed by atoms with van der Waals surface area (Å²) in [7, 11) is 1.89. The number of hydrogen-bond donors (Lipinski definition) is 1. The Labute approximate surface area is 203 Å². The zero-order chi connectivity index (χ0) is 24.2. The third kappa shape index (κ3) is 5.83. The number of rotatable bonds is 7. The first-order chi connectivity index (χ1) is 16.3. The van der Waals surface area contributed by atoms with Crippen molar-refractivity contribution in [2.75, 3.05) is 31.5 Å². The van der Waals surface area contributed by atoms with Crippen LogP contribution in [0.3, 0.4) is 0 Å². The molecular weight excluding hydrogens is 422 g/mol. The predicted molar refractivity (Wildman–Crippen MR) is 139 cm³/mol. The monoisotopic (exact) mass is 459 g/mol. The van der Waals surface area contributed by atoms with Crippen LogP contribution in [0, 0.1) is 12.8 Å². The Morgan fingerprint density at radius 3 is 2.65 bits per heavy atom. The van der Waals surface area contributed by atoms with Crippen molar-refractivity contribution in [2.24, 2.45) is 13.0 Å². The van der Waals surface area contributed by atoms with Crippen LogP contribution in [-0.2, 0) is 13.6 Å². The van der Waals surface area contributed by atoms with Crippen LogP contribution in [0.15, 0.2) is 54.1 Å². The topological polar surface area (TPSA) is 62.1 Å². The Kier molecular flexibility index (Phi) is 7.32. The highest BCUT2D eigenvalue weighted by Gasteiger charge is 2.23. The van der Waals surface area contributed by atoms with Gasteiger partial charge in [-0.05, 0) is 49.9 Å². The fraction of sp³-hybridized carbons (Fsp3) is 0.444. The van der Waals surface area contributed by atoms with Crippen molar-refractivity contribution >= 4 is 11.6 Å². The fourth-order valence-electron chi connectivity index (χ4n) is 4.54. The number of allylic oxidation sites excluding steroid dienone is 1. The standard InChI is InChI=1S/C27H37N7/c1-19(2)15-33-11-12-34(26(18-33)20(3)4)16-23-8-7-22(13-21(23)5)25-9-10-28-27(31-25)30-24-14-29-32(6)17-24/h7-10,13-14,17,19H,11-12,15-16,18H2,1-6H3,(H,28,30,31). The average molecular weight is 460 g/mol. The van der Waals surface area contributed by atoms with E-state index in [1.807, 2.05) is 19.3 Å². The maximum absolute atomic E-state index is 4.72. The van der Waals surface area contributed by atoms with Gasteiger partial charge in [0.2, 0.25) is 5.95 Å². The molecule has 3 heterocycles.